The molecule has 1 atom stereocenters. The highest BCUT2D eigenvalue weighted by atomic mass is 16.5. The highest BCUT2D eigenvalue weighted by molar-refractivity contribution is 6.00. The van der Waals surface area contributed by atoms with E-state index >= 15 is 0 Å². The zero-order valence-corrected chi connectivity index (χ0v) is 17.5. The molecule has 0 radical (unpaired) electrons. The molecule has 1 unspecified atom stereocenters. The lowest BCUT2D eigenvalue weighted by Gasteiger charge is -2.35. The fraction of sp³-hybridized carbons (Fsp3) is 0.708. The summed E-state index contributed by atoms with van der Waals surface area (Å²) in [6, 6.07) is 4.78. The molecule has 1 aliphatic rings. The van der Waals surface area contributed by atoms with Gasteiger partial charge in [-0.2, -0.15) is 0 Å². The Bertz CT molecular complexity index is 598. The number of aliphatic hydroxyl groups excluding tert-OH is 1. The van der Waals surface area contributed by atoms with E-state index in [1.54, 1.807) is 12.1 Å². The Balaban J connectivity index is 1.52. The van der Waals surface area contributed by atoms with Gasteiger partial charge in [-0.05, 0) is 44.4 Å². The summed E-state index contributed by atoms with van der Waals surface area (Å²) in [4.78, 5) is 12.4. The third kappa shape index (κ3) is 7.83. The Labute approximate surface area is 170 Å². The number of phenolic OH excluding ortho intramolecular Hbond substituents is 1. The molecule has 0 saturated heterocycles. The predicted octanol–water partition coefficient (Wildman–Crippen LogP) is 6.18. The van der Waals surface area contributed by atoms with Crippen LogP contribution in [0.25, 0.3) is 0 Å². The van der Waals surface area contributed by atoms with Crippen LogP contribution in [0.5, 0.6) is 11.5 Å². The highest BCUT2D eigenvalue weighted by Crippen LogP contribution is 2.37. The minimum atomic E-state index is -0.420. The van der Waals surface area contributed by atoms with Crippen molar-refractivity contribution in [3.63, 3.8) is 0 Å². The maximum Gasteiger partial charge on any atom is 0.170 e. The van der Waals surface area contributed by atoms with Gasteiger partial charge in [0.15, 0.2) is 5.78 Å². The zero-order chi connectivity index (χ0) is 20.2. The number of fused-ring (bicyclic) bond motifs is 1. The van der Waals surface area contributed by atoms with Gasteiger partial charge in [0.05, 0.1) is 12.0 Å². The summed E-state index contributed by atoms with van der Waals surface area (Å²) in [6.07, 6.45) is 16.1. The molecule has 4 nitrogen and oxygen atoms in total. The lowest BCUT2D eigenvalue weighted by molar-refractivity contribution is 0.0452. The Morgan fingerprint density at radius 3 is 2.00 bits per heavy atom. The maximum absolute atomic E-state index is 12.4. The second kappa shape index (κ2) is 12.1. The number of carbonyl (C=O) groups excluding carboxylic acids is 1. The standard InChI is InChI=1S/C24H38O4/c1-24(19-22(27)21-18-20(26)14-15-23(21)28-24)16-12-10-8-6-4-2-3-5-7-9-11-13-17-25/h14-15,18,25-26H,2-13,16-17,19H2,1H3. The smallest absolute Gasteiger partial charge is 0.170 e. The normalized spacial score (nSPS) is 18.7. The van der Waals surface area contributed by atoms with Crippen LogP contribution in [0, 0.1) is 0 Å². The Morgan fingerprint density at radius 2 is 1.43 bits per heavy atom. The van der Waals surface area contributed by atoms with E-state index in [9.17, 15) is 9.90 Å². The second-order valence-corrected chi connectivity index (χ2v) is 8.55. The third-order valence-electron chi connectivity index (χ3n) is 5.77. The molecular formula is C24H38O4. The molecule has 0 amide bonds. The van der Waals surface area contributed by atoms with Gasteiger partial charge in [0, 0.05) is 6.61 Å². The summed E-state index contributed by atoms with van der Waals surface area (Å²) in [5.41, 5.74) is 0.0859. The number of Topliss-reactive ketones (excluding diaryl/α,β-unsaturated/α-hetero) is 1. The SMILES string of the molecule is CC1(CCCCCCCCCCCCCCO)CC(=O)c2cc(O)ccc2O1. The van der Waals surface area contributed by atoms with Gasteiger partial charge in [0.1, 0.15) is 17.1 Å². The minimum absolute atomic E-state index is 0.0658. The molecular weight excluding hydrogens is 352 g/mol. The maximum atomic E-state index is 12.4. The van der Waals surface area contributed by atoms with Gasteiger partial charge in [-0.1, -0.05) is 64.2 Å². The Kier molecular flexibility index (Phi) is 9.83. The van der Waals surface area contributed by atoms with Crippen LogP contribution in [0.1, 0.15) is 107 Å². The van der Waals surface area contributed by atoms with Gasteiger partial charge in [-0.15, -0.1) is 0 Å². The van der Waals surface area contributed by atoms with Crippen molar-refractivity contribution >= 4 is 5.78 Å². The first-order valence-electron chi connectivity index (χ1n) is 11.2. The first-order chi connectivity index (χ1) is 13.5. The van der Waals surface area contributed by atoms with Crippen molar-refractivity contribution < 1.29 is 19.7 Å². The summed E-state index contributed by atoms with van der Waals surface area (Å²) < 4.78 is 6.11. The van der Waals surface area contributed by atoms with Crippen molar-refractivity contribution in [1.29, 1.82) is 0 Å². The van der Waals surface area contributed by atoms with E-state index in [1.165, 1.54) is 70.3 Å². The van der Waals surface area contributed by atoms with Crippen molar-refractivity contribution in [1.82, 2.24) is 0 Å². The van der Waals surface area contributed by atoms with Gasteiger partial charge in [0.2, 0.25) is 0 Å². The predicted molar refractivity (Wildman–Crippen MR) is 113 cm³/mol. The van der Waals surface area contributed by atoms with E-state index in [2.05, 4.69) is 0 Å². The number of benzene rings is 1. The van der Waals surface area contributed by atoms with Crippen molar-refractivity contribution in [2.24, 2.45) is 0 Å². The quantitative estimate of drug-likeness (QED) is 0.372. The number of ketones is 1. The van der Waals surface area contributed by atoms with E-state index < -0.39 is 5.60 Å². The summed E-state index contributed by atoms with van der Waals surface area (Å²) in [5.74, 6) is 0.782. The second-order valence-electron chi connectivity index (χ2n) is 8.55. The summed E-state index contributed by atoms with van der Waals surface area (Å²) in [6.45, 7) is 2.36. The number of unbranched alkanes of at least 4 members (excludes halogenated alkanes) is 11. The molecule has 1 aliphatic heterocycles. The van der Waals surface area contributed by atoms with E-state index in [0.29, 0.717) is 24.3 Å². The molecule has 1 aromatic rings. The van der Waals surface area contributed by atoms with Crippen molar-refractivity contribution in [3.8, 4) is 11.5 Å². The monoisotopic (exact) mass is 390 g/mol. The van der Waals surface area contributed by atoms with Crippen molar-refractivity contribution in [3.05, 3.63) is 23.8 Å². The number of phenols is 1. The van der Waals surface area contributed by atoms with Crippen LogP contribution in [0.15, 0.2) is 18.2 Å². The topological polar surface area (TPSA) is 66.8 Å². The number of rotatable bonds is 14. The highest BCUT2D eigenvalue weighted by Gasteiger charge is 2.36. The molecule has 2 rings (SSSR count). The van der Waals surface area contributed by atoms with Crippen LogP contribution in [0.2, 0.25) is 0 Å². The molecule has 4 heteroatoms. The van der Waals surface area contributed by atoms with Crippen LogP contribution >= 0.6 is 0 Å². The molecule has 0 aromatic heterocycles. The van der Waals surface area contributed by atoms with Gasteiger partial charge in [-0.3, -0.25) is 4.79 Å². The number of aromatic hydroxyl groups is 1. The summed E-state index contributed by atoms with van der Waals surface area (Å²) in [7, 11) is 0. The van der Waals surface area contributed by atoms with Gasteiger partial charge < -0.3 is 14.9 Å². The van der Waals surface area contributed by atoms with Crippen molar-refractivity contribution in [2.75, 3.05) is 6.61 Å². The van der Waals surface area contributed by atoms with Gasteiger partial charge in [-0.25, -0.2) is 0 Å². The van der Waals surface area contributed by atoms with Crippen LogP contribution < -0.4 is 4.74 Å². The molecule has 1 heterocycles. The molecule has 0 saturated carbocycles. The first kappa shape index (κ1) is 22.7. The van der Waals surface area contributed by atoms with E-state index in [4.69, 9.17) is 9.84 Å². The van der Waals surface area contributed by atoms with E-state index in [0.717, 1.165) is 19.3 Å². The molecule has 2 N–H and O–H groups in total. The molecule has 0 bridgehead atoms. The van der Waals surface area contributed by atoms with Crippen LogP contribution in [-0.2, 0) is 0 Å². The third-order valence-corrected chi connectivity index (χ3v) is 5.77. The van der Waals surface area contributed by atoms with Crippen LogP contribution in [0.4, 0.5) is 0 Å². The number of carbonyl (C=O) groups is 1. The molecule has 0 fully saturated rings. The lowest BCUT2D eigenvalue weighted by atomic mass is 9.87. The molecule has 158 valence electrons. The van der Waals surface area contributed by atoms with Crippen LogP contribution in [0.3, 0.4) is 0 Å². The number of ether oxygens (including phenoxy) is 1. The van der Waals surface area contributed by atoms with Crippen molar-refractivity contribution in [2.45, 2.75) is 102 Å². The summed E-state index contributed by atoms with van der Waals surface area (Å²) in [5, 5.41) is 18.3. The number of hydrogen-bond donors (Lipinski definition) is 2. The largest absolute Gasteiger partial charge is 0.508 e. The Morgan fingerprint density at radius 1 is 0.893 bits per heavy atom. The first-order valence-corrected chi connectivity index (χ1v) is 11.2. The fourth-order valence-corrected chi connectivity index (χ4v) is 4.08. The Hall–Kier alpha value is -1.55. The van der Waals surface area contributed by atoms with E-state index in [1.807, 2.05) is 6.92 Å². The lowest BCUT2D eigenvalue weighted by Crippen LogP contribution is -2.39. The molecule has 1 aromatic carbocycles. The summed E-state index contributed by atoms with van der Waals surface area (Å²) >= 11 is 0. The van der Waals surface area contributed by atoms with E-state index in [-0.39, 0.29) is 11.5 Å². The van der Waals surface area contributed by atoms with Gasteiger partial charge in [0.25, 0.3) is 0 Å². The average molecular weight is 391 g/mol. The average Bonchev–Trinajstić information content (AvgIpc) is 2.66. The minimum Gasteiger partial charge on any atom is -0.508 e. The fourth-order valence-electron chi connectivity index (χ4n) is 4.08. The molecule has 28 heavy (non-hydrogen) atoms. The van der Waals surface area contributed by atoms with Gasteiger partial charge >= 0.3 is 0 Å². The zero-order valence-electron chi connectivity index (χ0n) is 17.5. The molecule has 0 aliphatic carbocycles. The molecule has 0 spiro atoms. The number of hydrogen-bond acceptors (Lipinski definition) is 4. The number of aliphatic hydroxyl groups is 1. The van der Waals surface area contributed by atoms with Crippen LogP contribution in [-0.4, -0.2) is 28.2 Å².